The molecule has 2 aliphatic rings. The van der Waals surface area contributed by atoms with E-state index in [1.165, 1.54) is 0 Å². The van der Waals surface area contributed by atoms with Gasteiger partial charge in [0.05, 0.1) is 11.6 Å². The monoisotopic (exact) mass is 423 g/mol. The van der Waals surface area contributed by atoms with E-state index in [9.17, 15) is 9.59 Å². The summed E-state index contributed by atoms with van der Waals surface area (Å²) < 4.78 is 1.74. The molecule has 4 rings (SSSR count). The van der Waals surface area contributed by atoms with Crippen LogP contribution in [0.4, 0.5) is 0 Å². The first-order valence-electron chi connectivity index (χ1n) is 10.1. The number of nitrogens with zero attached hydrogens (tertiary/aromatic N) is 4. The van der Waals surface area contributed by atoms with Crippen molar-refractivity contribution in [2.45, 2.75) is 43.5 Å². The van der Waals surface area contributed by atoms with Crippen LogP contribution in [0.15, 0.2) is 24.3 Å². The Labute approximate surface area is 180 Å². The predicted octanol–water partition coefficient (Wildman–Crippen LogP) is 2.50. The number of benzene rings is 1. The lowest BCUT2D eigenvalue weighted by atomic mass is 9.96. The molecule has 156 valence electrons. The van der Waals surface area contributed by atoms with E-state index in [1.807, 2.05) is 35.7 Å². The Morgan fingerprint density at radius 3 is 2.67 bits per heavy atom. The molecule has 2 amide bonds. The first-order chi connectivity index (χ1) is 14.4. The third-order valence-corrected chi connectivity index (χ3v) is 7.49. The Morgan fingerprint density at radius 1 is 1.37 bits per heavy atom. The SMILES string of the molecule is CSC1(CN2C(=O)c3c(c(C(=O)NCc4ccc(C#N)cc4)nn3C)CC2C)CC1. The lowest BCUT2D eigenvalue weighted by Gasteiger charge is -2.36. The van der Waals surface area contributed by atoms with Crippen LogP contribution in [0.3, 0.4) is 0 Å². The summed E-state index contributed by atoms with van der Waals surface area (Å²) in [5.74, 6) is -0.322. The van der Waals surface area contributed by atoms with Gasteiger partial charge in [0.25, 0.3) is 11.8 Å². The molecular formula is C22H25N5O2S. The van der Waals surface area contributed by atoms with Crippen molar-refractivity contribution in [2.75, 3.05) is 12.8 Å². The molecule has 1 atom stereocenters. The molecule has 1 aromatic carbocycles. The number of fused-ring (bicyclic) bond motifs is 1. The van der Waals surface area contributed by atoms with Crippen molar-refractivity contribution in [1.29, 1.82) is 5.26 Å². The van der Waals surface area contributed by atoms with Gasteiger partial charge >= 0.3 is 0 Å². The van der Waals surface area contributed by atoms with Crippen molar-refractivity contribution in [2.24, 2.45) is 7.05 Å². The molecule has 1 aromatic heterocycles. The Bertz CT molecular complexity index is 1030. The molecule has 2 aromatic rings. The first kappa shape index (κ1) is 20.5. The summed E-state index contributed by atoms with van der Waals surface area (Å²) in [6.07, 6.45) is 5.02. The molecule has 8 heteroatoms. The van der Waals surface area contributed by atoms with E-state index in [0.717, 1.165) is 30.5 Å². The van der Waals surface area contributed by atoms with Crippen molar-refractivity contribution < 1.29 is 9.59 Å². The quantitative estimate of drug-likeness (QED) is 0.771. The highest BCUT2D eigenvalue weighted by Crippen LogP contribution is 2.48. The van der Waals surface area contributed by atoms with Crippen LogP contribution in [-0.2, 0) is 20.0 Å². The zero-order valence-corrected chi connectivity index (χ0v) is 18.3. The van der Waals surface area contributed by atoms with Gasteiger partial charge in [-0.2, -0.15) is 22.1 Å². The second kappa shape index (κ2) is 7.80. The highest BCUT2D eigenvalue weighted by molar-refractivity contribution is 8.00. The van der Waals surface area contributed by atoms with Gasteiger partial charge in [-0.1, -0.05) is 12.1 Å². The van der Waals surface area contributed by atoms with Crippen LogP contribution in [0.1, 0.15) is 57.4 Å². The zero-order valence-electron chi connectivity index (χ0n) is 17.4. The van der Waals surface area contributed by atoms with E-state index in [1.54, 1.807) is 23.9 Å². The van der Waals surface area contributed by atoms with Crippen LogP contribution in [0.2, 0.25) is 0 Å². The second-order valence-corrected chi connectivity index (χ2v) is 9.44. The van der Waals surface area contributed by atoms with Gasteiger partial charge in [-0.15, -0.1) is 0 Å². The minimum absolute atomic E-state index is 0.0314. The molecular weight excluding hydrogens is 398 g/mol. The summed E-state index contributed by atoms with van der Waals surface area (Å²) in [5.41, 5.74) is 3.06. The molecule has 1 aliphatic heterocycles. The summed E-state index contributed by atoms with van der Waals surface area (Å²) in [4.78, 5) is 28.0. The van der Waals surface area contributed by atoms with Crippen LogP contribution in [-0.4, -0.2) is 50.1 Å². The fraction of sp³-hybridized carbons (Fsp3) is 0.455. The fourth-order valence-electron chi connectivity index (χ4n) is 4.02. The van der Waals surface area contributed by atoms with Crippen LogP contribution in [0.25, 0.3) is 0 Å². The molecule has 7 nitrogen and oxygen atoms in total. The Balaban J connectivity index is 1.51. The number of amides is 2. The van der Waals surface area contributed by atoms with Crippen LogP contribution >= 0.6 is 11.8 Å². The van der Waals surface area contributed by atoms with E-state index in [2.05, 4.69) is 22.7 Å². The molecule has 0 spiro atoms. The average Bonchev–Trinajstić information content (AvgIpc) is 3.45. The van der Waals surface area contributed by atoms with E-state index >= 15 is 0 Å². The standard InChI is InChI=1S/C22H25N5O2S/c1-14-10-17-18(20(28)24-12-16-6-4-15(11-23)5-7-16)25-26(2)19(17)21(29)27(14)13-22(30-3)8-9-22/h4-7,14H,8-10,12-13H2,1-3H3,(H,24,28). The highest BCUT2D eigenvalue weighted by Gasteiger charge is 2.47. The summed E-state index contributed by atoms with van der Waals surface area (Å²) in [5, 5.41) is 16.2. The number of carbonyl (C=O) groups is 2. The molecule has 0 bridgehead atoms. The number of hydrogen-bond donors (Lipinski definition) is 1. The van der Waals surface area contributed by atoms with Gasteiger partial charge < -0.3 is 10.2 Å². The van der Waals surface area contributed by atoms with Crippen molar-refractivity contribution in [3.8, 4) is 6.07 Å². The number of nitriles is 1. The lowest BCUT2D eigenvalue weighted by Crippen LogP contribution is -2.48. The molecule has 1 saturated carbocycles. The second-order valence-electron chi connectivity index (χ2n) is 8.16. The topological polar surface area (TPSA) is 91.0 Å². The van der Waals surface area contributed by atoms with Gasteiger partial charge in [-0.25, -0.2) is 0 Å². The van der Waals surface area contributed by atoms with Gasteiger partial charge in [0, 0.05) is 36.5 Å². The number of carbonyl (C=O) groups excluding carboxylic acids is 2. The number of aryl methyl sites for hydroxylation is 1. The summed E-state index contributed by atoms with van der Waals surface area (Å²) in [6, 6.07) is 9.18. The van der Waals surface area contributed by atoms with Gasteiger partial charge in [-0.3, -0.25) is 14.3 Å². The zero-order chi connectivity index (χ0) is 21.5. The number of rotatable bonds is 6. The molecule has 1 unspecified atom stereocenters. The highest BCUT2D eigenvalue weighted by atomic mass is 32.2. The molecule has 1 N–H and O–H groups in total. The van der Waals surface area contributed by atoms with Crippen LogP contribution < -0.4 is 5.32 Å². The Kier molecular flexibility index (Phi) is 5.33. The van der Waals surface area contributed by atoms with Gasteiger partial charge in [0.15, 0.2) is 5.69 Å². The molecule has 0 radical (unpaired) electrons. The predicted molar refractivity (Wildman–Crippen MR) is 115 cm³/mol. The molecule has 0 saturated heterocycles. The van der Waals surface area contributed by atoms with Gasteiger partial charge in [-0.05, 0) is 50.1 Å². The summed E-state index contributed by atoms with van der Waals surface area (Å²) >= 11 is 1.84. The third kappa shape index (κ3) is 3.70. The van der Waals surface area contributed by atoms with Crippen molar-refractivity contribution in [3.63, 3.8) is 0 Å². The lowest BCUT2D eigenvalue weighted by molar-refractivity contribution is 0.0651. The summed E-state index contributed by atoms with van der Waals surface area (Å²) in [7, 11) is 1.73. The fourth-order valence-corrected chi connectivity index (χ4v) is 4.80. The normalized spacial score (nSPS) is 19.2. The van der Waals surface area contributed by atoms with Gasteiger partial charge in [0.2, 0.25) is 0 Å². The molecule has 1 fully saturated rings. The van der Waals surface area contributed by atoms with Gasteiger partial charge in [0.1, 0.15) is 5.69 Å². The maximum Gasteiger partial charge on any atom is 0.272 e. The third-order valence-electron chi connectivity index (χ3n) is 6.09. The smallest absolute Gasteiger partial charge is 0.272 e. The van der Waals surface area contributed by atoms with E-state index in [4.69, 9.17) is 5.26 Å². The minimum Gasteiger partial charge on any atom is -0.347 e. The molecule has 30 heavy (non-hydrogen) atoms. The Morgan fingerprint density at radius 2 is 2.07 bits per heavy atom. The van der Waals surface area contributed by atoms with Crippen molar-refractivity contribution in [3.05, 3.63) is 52.3 Å². The van der Waals surface area contributed by atoms with E-state index in [0.29, 0.717) is 29.9 Å². The maximum absolute atomic E-state index is 13.2. The van der Waals surface area contributed by atoms with Crippen molar-refractivity contribution >= 4 is 23.6 Å². The van der Waals surface area contributed by atoms with Crippen molar-refractivity contribution in [1.82, 2.24) is 20.0 Å². The number of nitrogens with one attached hydrogen (secondary N) is 1. The molecule has 2 heterocycles. The number of hydrogen-bond acceptors (Lipinski definition) is 5. The number of thioether (sulfide) groups is 1. The summed E-state index contributed by atoms with van der Waals surface area (Å²) in [6.45, 7) is 3.13. The largest absolute Gasteiger partial charge is 0.347 e. The Hall–Kier alpha value is -2.79. The minimum atomic E-state index is -0.285. The maximum atomic E-state index is 13.2. The number of aromatic nitrogens is 2. The van der Waals surface area contributed by atoms with E-state index in [-0.39, 0.29) is 22.6 Å². The van der Waals surface area contributed by atoms with Crippen LogP contribution in [0, 0.1) is 11.3 Å². The van der Waals surface area contributed by atoms with E-state index < -0.39 is 0 Å². The molecule has 1 aliphatic carbocycles. The average molecular weight is 424 g/mol. The first-order valence-corrected chi connectivity index (χ1v) is 11.3. The van der Waals surface area contributed by atoms with Crippen LogP contribution in [0.5, 0.6) is 0 Å².